The molecule has 0 aromatic heterocycles. The smallest absolute Gasteiger partial charge is 0.109 e. The van der Waals surface area contributed by atoms with Crippen molar-refractivity contribution in [1.29, 1.82) is 0 Å². The normalized spacial score (nSPS) is 15.4. The van der Waals surface area contributed by atoms with Crippen molar-refractivity contribution in [1.82, 2.24) is 4.90 Å². The number of rotatable bonds is 10. The van der Waals surface area contributed by atoms with Gasteiger partial charge in [0.2, 0.25) is 0 Å². The fourth-order valence-corrected chi connectivity index (χ4v) is 1.86. The number of hydrogen-bond donors (Lipinski definition) is 2. The van der Waals surface area contributed by atoms with Crippen LogP contribution in [0.4, 0.5) is 0 Å². The van der Waals surface area contributed by atoms with E-state index in [9.17, 15) is 10.2 Å². The van der Waals surface area contributed by atoms with E-state index in [1.54, 1.807) is 0 Å². The fraction of sp³-hybridized carbons (Fsp3) is 1.00. The molecule has 0 rings (SSSR count). The first-order valence-electron chi connectivity index (χ1n) is 6.79. The van der Waals surface area contributed by atoms with Crippen LogP contribution in [-0.2, 0) is 0 Å². The van der Waals surface area contributed by atoms with Gasteiger partial charge in [-0.3, -0.25) is 4.90 Å². The molecule has 0 aromatic rings. The molecule has 0 radical (unpaired) electrons. The van der Waals surface area contributed by atoms with Gasteiger partial charge in [-0.2, -0.15) is 0 Å². The molecular weight excluding hydrogens is 202 g/mol. The lowest BCUT2D eigenvalue weighted by molar-refractivity contribution is -0.104. The highest BCUT2D eigenvalue weighted by molar-refractivity contribution is 4.64. The van der Waals surface area contributed by atoms with E-state index in [1.165, 1.54) is 25.7 Å². The predicted molar refractivity (Wildman–Crippen MR) is 68.1 cm³/mol. The van der Waals surface area contributed by atoms with E-state index < -0.39 is 12.5 Å². The van der Waals surface area contributed by atoms with Gasteiger partial charge in [0.15, 0.2) is 0 Å². The molecule has 3 heteroatoms. The summed E-state index contributed by atoms with van der Waals surface area (Å²) >= 11 is 0. The molecule has 2 unspecified atom stereocenters. The van der Waals surface area contributed by atoms with Crippen LogP contribution in [0, 0.1) is 0 Å². The Hall–Kier alpha value is -0.120. The van der Waals surface area contributed by atoms with E-state index in [1.807, 2.05) is 18.7 Å². The minimum Gasteiger partial charge on any atom is -0.378 e. The van der Waals surface area contributed by atoms with Gasteiger partial charge in [-0.1, -0.05) is 46.5 Å². The molecule has 16 heavy (non-hydrogen) atoms. The molecule has 0 fully saturated rings. The number of unbranched alkanes of at least 4 members (excludes halogenated alkanes) is 4. The van der Waals surface area contributed by atoms with Gasteiger partial charge in [0.05, 0.1) is 0 Å². The fourth-order valence-electron chi connectivity index (χ4n) is 1.86. The molecule has 2 N–H and O–H groups in total. The summed E-state index contributed by atoms with van der Waals surface area (Å²) in [4.78, 5) is 1.81. The zero-order valence-corrected chi connectivity index (χ0v) is 11.2. The van der Waals surface area contributed by atoms with E-state index in [0.29, 0.717) is 12.8 Å². The first-order chi connectivity index (χ1) is 7.67. The van der Waals surface area contributed by atoms with Crippen molar-refractivity contribution in [2.45, 2.75) is 78.2 Å². The number of aliphatic hydroxyl groups excluding tert-OH is 2. The Bertz CT molecular complexity index is 143. The molecular formula is C13H29NO2. The quantitative estimate of drug-likeness (QED) is 0.449. The second kappa shape index (κ2) is 10.1. The van der Waals surface area contributed by atoms with Crippen LogP contribution in [0.3, 0.4) is 0 Å². The standard InChI is InChI=1S/C13H29NO2/c1-4-7-8-9-10-11-14(12(15)5-2)13(16)6-3/h12-13,15-16H,4-11H2,1-3H3. The molecule has 0 heterocycles. The maximum atomic E-state index is 9.79. The highest BCUT2D eigenvalue weighted by Crippen LogP contribution is 2.11. The van der Waals surface area contributed by atoms with Crippen molar-refractivity contribution < 1.29 is 10.2 Å². The molecule has 0 amide bonds. The molecule has 3 nitrogen and oxygen atoms in total. The van der Waals surface area contributed by atoms with Gasteiger partial charge in [0, 0.05) is 6.54 Å². The van der Waals surface area contributed by atoms with Crippen LogP contribution >= 0.6 is 0 Å². The van der Waals surface area contributed by atoms with Gasteiger partial charge in [-0.05, 0) is 19.3 Å². The van der Waals surface area contributed by atoms with Crippen LogP contribution in [0.1, 0.15) is 65.7 Å². The minimum atomic E-state index is -0.499. The molecule has 0 spiro atoms. The maximum Gasteiger partial charge on any atom is 0.109 e. The van der Waals surface area contributed by atoms with Crippen LogP contribution in [-0.4, -0.2) is 34.1 Å². The van der Waals surface area contributed by atoms with E-state index in [0.717, 1.165) is 13.0 Å². The van der Waals surface area contributed by atoms with Crippen LogP contribution in [0.25, 0.3) is 0 Å². The van der Waals surface area contributed by atoms with Gasteiger partial charge in [0.25, 0.3) is 0 Å². The zero-order valence-electron chi connectivity index (χ0n) is 11.2. The first kappa shape index (κ1) is 15.9. The van der Waals surface area contributed by atoms with Gasteiger partial charge in [0.1, 0.15) is 12.5 Å². The summed E-state index contributed by atoms with van der Waals surface area (Å²) in [6, 6.07) is 0. The third-order valence-electron chi connectivity index (χ3n) is 3.02. The Morgan fingerprint density at radius 1 is 0.812 bits per heavy atom. The van der Waals surface area contributed by atoms with Crippen molar-refractivity contribution in [3.63, 3.8) is 0 Å². The van der Waals surface area contributed by atoms with Crippen molar-refractivity contribution in [2.24, 2.45) is 0 Å². The summed E-state index contributed by atoms with van der Waals surface area (Å²) in [5.74, 6) is 0. The maximum absolute atomic E-state index is 9.79. The van der Waals surface area contributed by atoms with Gasteiger partial charge in [-0.15, -0.1) is 0 Å². The molecule has 0 aliphatic carbocycles. The molecule has 0 bridgehead atoms. The van der Waals surface area contributed by atoms with Crippen LogP contribution in [0.5, 0.6) is 0 Å². The van der Waals surface area contributed by atoms with Crippen LogP contribution < -0.4 is 0 Å². The summed E-state index contributed by atoms with van der Waals surface area (Å²) in [6.45, 7) is 6.88. The zero-order chi connectivity index (χ0) is 12.4. The molecule has 0 aromatic carbocycles. The third-order valence-corrected chi connectivity index (χ3v) is 3.02. The second-order valence-corrected chi connectivity index (χ2v) is 4.43. The number of aliphatic hydroxyl groups is 2. The topological polar surface area (TPSA) is 43.7 Å². The highest BCUT2D eigenvalue weighted by atomic mass is 16.3. The first-order valence-corrected chi connectivity index (χ1v) is 6.79. The van der Waals surface area contributed by atoms with Crippen molar-refractivity contribution in [3.8, 4) is 0 Å². The SMILES string of the molecule is CCCCCCCN(C(O)CC)C(O)CC. The van der Waals surface area contributed by atoms with Crippen molar-refractivity contribution in [2.75, 3.05) is 6.54 Å². The molecule has 98 valence electrons. The van der Waals surface area contributed by atoms with E-state index >= 15 is 0 Å². The second-order valence-electron chi connectivity index (χ2n) is 4.43. The lowest BCUT2D eigenvalue weighted by atomic mass is 10.1. The average Bonchev–Trinajstić information content (AvgIpc) is 2.32. The highest BCUT2D eigenvalue weighted by Gasteiger charge is 2.19. The summed E-state index contributed by atoms with van der Waals surface area (Å²) in [7, 11) is 0. The Balaban J connectivity index is 3.83. The molecule has 0 aliphatic heterocycles. The summed E-state index contributed by atoms with van der Waals surface area (Å²) in [6.07, 6.45) is 6.39. The van der Waals surface area contributed by atoms with Crippen LogP contribution in [0.2, 0.25) is 0 Å². The van der Waals surface area contributed by atoms with Crippen molar-refractivity contribution in [3.05, 3.63) is 0 Å². The summed E-state index contributed by atoms with van der Waals surface area (Å²) in [5, 5.41) is 19.6. The van der Waals surface area contributed by atoms with Gasteiger partial charge in [-0.25, -0.2) is 0 Å². The lowest BCUT2D eigenvalue weighted by Gasteiger charge is -2.31. The molecule has 0 saturated carbocycles. The largest absolute Gasteiger partial charge is 0.378 e. The van der Waals surface area contributed by atoms with Crippen molar-refractivity contribution >= 4 is 0 Å². The van der Waals surface area contributed by atoms with Crippen LogP contribution in [0.15, 0.2) is 0 Å². The molecule has 0 aliphatic rings. The summed E-state index contributed by atoms with van der Waals surface area (Å²) < 4.78 is 0. The predicted octanol–water partition coefficient (Wildman–Crippen LogP) is 2.72. The van der Waals surface area contributed by atoms with Gasteiger partial charge >= 0.3 is 0 Å². The summed E-state index contributed by atoms with van der Waals surface area (Å²) in [5.41, 5.74) is 0. The number of hydrogen-bond acceptors (Lipinski definition) is 3. The minimum absolute atomic E-state index is 0.499. The third kappa shape index (κ3) is 6.46. The Morgan fingerprint density at radius 3 is 1.75 bits per heavy atom. The monoisotopic (exact) mass is 231 g/mol. The van der Waals surface area contributed by atoms with E-state index in [2.05, 4.69) is 6.92 Å². The van der Waals surface area contributed by atoms with E-state index in [4.69, 9.17) is 0 Å². The van der Waals surface area contributed by atoms with Gasteiger partial charge < -0.3 is 10.2 Å². The Kier molecular flexibility index (Phi) is 9.99. The lowest BCUT2D eigenvalue weighted by Crippen LogP contribution is -2.43. The Labute approximate surface area is 100 Å². The number of nitrogens with zero attached hydrogens (tertiary/aromatic N) is 1. The molecule has 2 atom stereocenters. The molecule has 0 saturated heterocycles. The average molecular weight is 231 g/mol. The van der Waals surface area contributed by atoms with E-state index in [-0.39, 0.29) is 0 Å². The Morgan fingerprint density at radius 2 is 1.31 bits per heavy atom.